The summed E-state index contributed by atoms with van der Waals surface area (Å²) in [6.07, 6.45) is 5.04. The topological polar surface area (TPSA) is 53.4 Å². The molecule has 1 fully saturated rings. The van der Waals surface area contributed by atoms with Crippen LogP contribution in [0.15, 0.2) is 24.3 Å². The van der Waals surface area contributed by atoms with Crippen LogP contribution in [0.5, 0.6) is 0 Å². The SMILES string of the molecule is CC1CCc2nc(N3CCCC3)c(C(=O)O)c(-c3cccc(Cl)c3)c2C1. The third-order valence-corrected chi connectivity index (χ3v) is 5.76. The molecule has 1 aromatic heterocycles. The maximum atomic E-state index is 12.3. The van der Waals surface area contributed by atoms with Crippen molar-refractivity contribution in [3.8, 4) is 11.1 Å². The fourth-order valence-corrected chi connectivity index (χ4v) is 4.43. The Bertz CT molecular complexity index is 859. The van der Waals surface area contributed by atoms with Gasteiger partial charge in [-0.2, -0.15) is 0 Å². The number of hydrogen-bond donors (Lipinski definition) is 1. The Labute approximate surface area is 158 Å². The molecule has 0 saturated carbocycles. The Morgan fingerprint density at radius 1 is 1.31 bits per heavy atom. The molecular weight excluding hydrogens is 348 g/mol. The molecule has 0 spiro atoms. The van der Waals surface area contributed by atoms with E-state index in [0.29, 0.717) is 22.3 Å². The van der Waals surface area contributed by atoms with Gasteiger partial charge in [-0.05, 0) is 61.3 Å². The second-order valence-corrected chi connectivity index (χ2v) is 7.90. The first-order valence-electron chi connectivity index (χ1n) is 9.34. The number of rotatable bonds is 3. The first-order valence-corrected chi connectivity index (χ1v) is 9.72. The number of carboxylic acid groups (broad SMARTS) is 1. The molecule has 1 aliphatic heterocycles. The largest absolute Gasteiger partial charge is 0.478 e. The number of pyridine rings is 1. The van der Waals surface area contributed by atoms with Gasteiger partial charge in [0.05, 0.1) is 0 Å². The van der Waals surface area contributed by atoms with Crippen LogP contribution in [0.4, 0.5) is 5.82 Å². The number of anilines is 1. The molecule has 0 amide bonds. The molecule has 136 valence electrons. The van der Waals surface area contributed by atoms with Crippen molar-refractivity contribution >= 4 is 23.4 Å². The highest BCUT2D eigenvalue weighted by Crippen LogP contribution is 2.40. The number of aromatic nitrogens is 1. The van der Waals surface area contributed by atoms with E-state index in [1.54, 1.807) is 0 Å². The number of carboxylic acids is 1. The first kappa shape index (κ1) is 17.3. The van der Waals surface area contributed by atoms with Crippen LogP contribution in [0.3, 0.4) is 0 Å². The third kappa shape index (κ3) is 3.07. The summed E-state index contributed by atoms with van der Waals surface area (Å²) in [5.74, 6) is 0.259. The summed E-state index contributed by atoms with van der Waals surface area (Å²) in [7, 11) is 0. The summed E-state index contributed by atoms with van der Waals surface area (Å²) in [6.45, 7) is 3.97. The Morgan fingerprint density at radius 2 is 2.08 bits per heavy atom. The minimum absolute atomic E-state index is 0.335. The number of fused-ring (bicyclic) bond motifs is 1. The van der Waals surface area contributed by atoms with E-state index in [1.165, 1.54) is 0 Å². The normalized spacial score (nSPS) is 19.5. The minimum Gasteiger partial charge on any atom is -0.478 e. The van der Waals surface area contributed by atoms with E-state index in [0.717, 1.165) is 67.6 Å². The molecule has 2 heterocycles. The van der Waals surface area contributed by atoms with Crippen molar-refractivity contribution in [1.82, 2.24) is 4.98 Å². The highest BCUT2D eigenvalue weighted by Gasteiger charge is 2.31. The van der Waals surface area contributed by atoms with Crippen LogP contribution in [0.2, 0.25) is 5.02 Å². The van der Waals surface area contributed by atoms with Crippen LogP contribution >= 0.6 is 11.6 Å². The van der Waals surface area contributed by atoms with Gasteiger partial charge in [-0.25, -0.2) is 9.78 Å². The zero-order valence-electron chi connectivity index (χ0n) is 15.0. The van der Waals surface area contributed by atoms with Crippen LogP contribution in [-0.2, 0) is 12.8 Å². The van der Waals surface area contributed by atoms with Gasteiger partial charge in [-0.3, -0.25) is 0 Å². The quantitative estimate of drug-likeness (QED) is 0.841. The van der Waals surface area contributed by atoms with Crippen molar-refractivity contribution < 1.29 is 9.90 Å². The van der Waals surface area contributed by atoms with Crippen molar-refractivity contribution in [2.75, 3.05) is 18.0 Å². The average Bonchev–Trinajstić information content (AvgIpc) is 3.14. The number of carbonyl (C=O) groups is 1. The third-order valence-electron chi connectivity index (χ3n) is 5.52. The lowest BCUT2D eigenvalue weighted by molar-refractivity contribution is 0.0698. The van der Waals surface area contributed by atoms with Crippen molar-refractivity contribution in [3.63, 3.8) is 0 Å². The van der Waals surface area contributed by atoms with Gasteiger partial charge in [0.2, 0.25) is 0 Å². The summed E-state index contributed by atoms with van der Waals surface area (Å²) in [5.41, 5.74) is 4.18. The number of nitrogens with zero attached hydrogens (tertiary/aromatic N) is 2. The average molecular weight is 371 g/mol. The van der Waals surface area contributed by atoms with Gasteiger partial charge in [-0.15, -0.1) is 0 Å². The van der Waals surface area contributed by atoms with Crippen LogP contribution < -0.4 is 4.90 Å². The number of benzene rings is 1. The summed E-state index contributed by atoms with van der Waals surface area (Å²) in [6, 6.07) is 7.54. The van der Waals surface area contributed by atoms with Crippen LogP contribution in [0.25, 0.3) is 11.1 Å². The van der Waals surface area contributed by atoms with Crippen molar-refractivity contribution in [1.29, 1.82) is 0 Å². The standard InChI is InChI=1S/C21H23ClN2O2/c1-13-7-8-17-16(11-13)18(14-5-4-6-15(22)12-14)19(21(25)26)20(23-17)24-9-2-3-10-24/h4-6,12-13H,2-3,7-11H2,1H3,(H,25,26). The van der Waals surface area contributed by atoms with Gasteiger partial charge in [0, 0.05) is 29.4 Å². The van der Waals surface area contributed by atoms with E-state index in [4.69, 9.17) is 16.6 Å². The maximum absolute atomic E-state index is 12.3. The van der Waals surface area contributed by atoms with Gasteiger partial charge in [0.15, 0.2) is 0 Å². The van der Waals surface area contributed by atoms with Gasteiger partial charge >= 0.3 is 5.97 Å². The lowest BCUT2D eigenvalue weighted by atomic mass is 9.82. The lowest BCUT2D eigenvalue weighted by Crippen LogP contribution is -2.26. The first-order chi connectivity index (χ1) is 12.5. The molecule has 1 unspecified atom stereocenters. The predicted octanol–water partition coefficient (Wildman–Crippen LogP) is 4.83. The molecule has 1 N–H and O–H groups in total. The van der Waals surface area contributed by atoms with Gasteiger partial charge in [0.25, 0.3) is 0 Å². The zero-order valence-corrected chi connectivity index (χ0v) is 15.7. The second kappa shape index (κ2) is 6.92. The van der Waals surface area contributed by atoms with Crippen LogP contribution in [-0.4, -0.2) is 29.1 Å². The molecule has 1 aromatic carbocycles. The Kier molecular flexibility index (Phi) is 4.62. The van der Waals surface area contributed by atoms with Gasteiger partial charge in [0.1, 0.15) is 11.4 Å². The summed E-state index contributed by atoms with van der Waals surface area (Å²) < 4.78 is 0. The van der Waals surface area contributed by atoms with E-state index >= 15 is 0 Å². The molecular formula is C21H23ClN2O2. The predicted molar refractivity (Wildman–Crippen MR) is 104 cm³/mol. The zero-order chi connectivity index (χ0) is 18.3. The summed E-state index contributed by atoms with van der Waals surface area (Å²) in [4.78, 5) is 19.3. The summed E-state index contributed by atoms with van der Waals surface area (Å²) in [5, 5.41) is 10.7. The van der Waals surface area contributed by atoms with E-state index in [-0.39, 0.29) is 0 Å². The number of aryl methyl sites for hydroxylation is 1. The molecule has 4 rings (SSSR count). The summed E-state index contributed by atoms with van der Waals surface area (Å²) >= 11 is 6.23. The van der Waals surface area contributed by atoms with E-state index in [1.807, 2.05) is 24.3 Å². The maximum Gasteiger partial charge on any atom is 0.340 e. The number of halogens is 1. The molecule has 1 saturated heterocycles. The Balaban J connectivity index is 2.01. The monoisotopic (exact) mass is 370 g/mol. The highest BCUT2D eigenvalue weighted by molar-refractivity contribution is 6.30. The Morgan fingerprint density at radius 3 is 2.77 bits per heavy atom. The van der Waals surface area contributed by atoms with E-state index < -0.39 is 5.97 Å². The second-order valence-electron chi connectivity index (χ2n) is 7.47. The molecule has 26 heavy (non-hydrogen) atoms. The van der Waals surface area contributed by atoms with E-state index in [9.17, 15) is 9.90 Å². The minimum atomic E-state index is -0.907. The Hall–Kier alpha value is -2.07. The van der Waals surface area contributed by atoms with Gasteiger partial charge < -0.3 is 10.0 Å². The fourth-order valence-electron chi connectivity index (χ4n) is 4.24. The number of hydrogen-bond acceptors (Lipinski definition) is 3. The van der Waals surface area contributed by atoms with E-state index in [2.05, 4.69) is 11.8 Å². The van der Waals surface area contributed by atoms with Crippen molar-refractivity contribution in [2.45, 2.75) is 39.0 Å². The number of aromatic carboxylic acids is 1. The molecule has 5 heteroatoms. The molecule has 4 nitrogen and oxygen atoms in total. The van der Waals surface area contributed by atoms with Crippen LogP contribution in [0, 0.1) is 5.92 Å². The lowest BCUT2D eigenvalue weighted by Gasteiger charge is -2.29. The highest BCUT2D eigenvalue weighted by atomic mass is 35.5. The van der Waals surface area contributed by atoms with Crippen LogP contribution in [0.1, 0.15) is 47.8 Å². The molecule has 2 aliphatic rings. The van der Waals surface area contributed by atoms with Gasteiger partial charge in [-0.1, -0.05) is 30.7 Å². The van der Waals surface area contributed by atoms with Crippen molar-refractivity contribution in [3.05, 3.63) is 46.1 Å². The fraction of sp³-hybridized carbons (Fsp3) is 0.429. The molecule has 0 radical (unpaired) electrons. The molecule has 0 bridgehead atoms. The molecule has 1 aliphatic carbocycles. The smallest absolute Gasteiger partial charge is 0.340 e. The molecule has 2 aromatic rings. The molecule has 1 atom stereocenters. The van der Waals surface area contributed by atoms with Crippen molar-refractivity contribution in [2.24, 2.45) is 5.92 Å².